The average molecular weight is 577 g/mol. The zero-order valence-electron chi connectivity index (χ0n) is 23.8. The van der Waals surface area contributed by atoms with E-state index in [0.717, 1.165) is 47.1 Å². The summed E-state index contributed by atoms with van der Waals surface area (Å²) in [5, 5.41) is 0.282. The van der Waals surface area contributed by atoms with Gasteiger partial charge in [-0.25, -0.2) is 0 Å². The van der Waals surface area contributed by atoms with E-state index in [0.29, 0.717) is 0 Å². The topological polar surface area (TPSA) is 15.7 Å². The third kappa shape index (κ3) is 4.92. The van der Waals surface area contributed by atoms with Gasteiger partial charge in [0.25, 0.3) is 0 Å². The largest absolute Gasteiger partial charge is 0.460 e. The van der Waals surface area contributed by atoms with Crippen molar-refractivity contribution in [1.82, 2.24) is 0 Å². The summed E-state index contributed by atoms with van der Waals surface area (Å²) in [6.07, 6.45) is 25.1. The fourth-order valence-electron chi connectivity index (χ4n) is 6.42. The third-order valence-electron chi connectivity index (χ3n) is 8.40. The molecule has 0 spiro atoms. The van der Waals surface area contributed by atoms with Crippen molar-refractivity contribution in [3.8, 4) is 0 Å². The molecular formula is C39H32N2OS. The molecule has 8 rings (SSSR count). The maximum atomic E-state index is 6.74. The van der Waals surface area contributed by atoms with Crippen LogP contribution in [0.25, 0.3) is 0 Å². The quantitative estimate of drug-likeness (QED) is 0.290. The molecule has 3 aliphatic carbocycles. The minimum absolute atomic E-state index is 0.196. The van der Waals surface area contributed by atoms with Gasteiger partial charge in [-0.05, 0) is 79.6 Å². The van der Waals surface area contributed by atoms with Crippen molar-refractivity contribution >= 4 is 28.8 Å². The molecule has 0 fully saturated rings. The highest BCUT2D eigenvalue weighted by atomic mass is 32.2. The Balaban J connectivity index is 1.09. The number of rotatable bonds is 6. The lowest BCUT2D eigenvalue weighted by atomic mass is 9.93. The van der Waals surface area contributed by atoms with Gasteiger partial charge in [0.15, 0.2) is 0 Å². The predicted octanol–water partition coefficient (Wildman–Crippen LogP) is 9.95. The number of nitrogens with zero attached hydrogens (tertiary/aromatic N) is 2. The van der Waals surface area contributed by atoms with Crippen LogP contribution >= 0.6 is 11.8 Å². The second-order valence-corrected chi connectivity index (χ2v) is 12.4. The Morgan fingerprint density at radius 1 is 0.628 bits per heavy atom. The zero-order valence-corrected chi connectivity index (χ0v) is 24.6. The van der Waals surface area contributed by atoms with Crippen LogP contribution in [0.5, 0.6) is 0 Å². The SMILES string of the molecule is C1=CC(N(C2=CC3=CC(C=C2)C2=C(O3)C3C=CC(N(c4ccccc4)c4ccccc4)=CC3S2)c2ccccc2)=CCC1. The Kier molecular flexibility index (Phi) is 6.77. The van der Waals surface area contributed by atoms with E-state index >= 15 is 0 Å². The number of ether oxygens (including phenoxy) is 1. The van der Waals surface area contributed by atoms with Crippen LogP contribution in [0.4, 0.5) is 17.1 Å². The lowest BCUT2D eigenvalue weighted by Gasteiger charge is -2.30. The van der Waals surface area contributed by atoms with Crippen molar-refractivity contribution in [2.75, 3.05) is 9.80 Å². The van der Waals surface area contributed by atoms with E-state index in [1.54, 1.807) is 0 Å². The highest BCUT2D eigenvalue weighted by Crippen LogP contribution is 2.53. The monoisotopic (exact) mass is 576 g/mol. The molecule has 3 aromatic carbocycles. The van der Waals surface area contributed by atoms with Crippen LogP contribution in [0.3, 0.4) is 0 Å². The van der Waals surface area contributed by atoms with Crippen molar-refractivity contribution in [3.05, 3.63) is 185 Å². The summed E-state index contributed by atoms with van der Waals surface area (Å²) >= 11 is 1.95. The molecule has 0 radical (unpaired) electrons. The van der Waals surface area contributed by atoms with E-state index in [1.807, 2.05) is 11.8 Å². The number of hydrogen-bond donors (Lipinski definition) is 0. The molecule has 3 aromatic rings. The standard InChI is InChI=1S/C39H32N2OS/c1-5-13-29(14-6-1)40(30-15-7-2-8-16-30)33-22-21-28-25-35(26-33)42-38-36-24-23-34(27-37(36)43-39(28)38)41(31-17-9-3-10-18-31)32-19-11-4-12-20-32/h1,3-7,9-28,36-37H,2,8H2. The van der Waals surface area contributed by atoms with Crippen LogP contribution in [0.1, 0.15) is 12.8 Å². The fraction of sp³-hybridized carbons (Fsp3) is 0.128. The molecule has 3 nitrogen and oxygen atoms in total. The summed E-state index contributed by atoms with van der Waals surface area (Å²) in [6, 6.07) is 31.9. The number of benzene rings is 3. The molecule has 0 aromatic heterocycles. The van der Waals surface area contributed by atoms with Crippen LogP contribution in [0.2, 0.25) is 0 Å². The van der Waals surface area contributed by atoms with Gasteiger partial charge in [-0.15, -0.1) is 11.8 Å². The van der Waals surface area contributed by atoms with Crippen LogP contribution < -0.4 is 9.80 Å². The van der Waals surface area contributed by atoms with Gasteiger partial charge >= 0.3 is 0 Å². The molecule has 3 unspecified atom stereocenters. The lowest BCUT2D eigenvalue weighted by Crippen LogP contribution is -2.23. The number of hydrogen-bond acceptors (Lipinski definition) is 4. The smallest absolute Gasteiger partial charge is 0.126 e. The van der Waals surface area contributed by atoms with Crippen LogP contribution in [-0.4, -0.2) is 5.25 Å². The van der Waals surface area contributed by atoms with E-state index in [-0.39, 0.29) is 17.1 Å². The highest BCUT2D eigenvalue weighted by Gasteiger charge is 2.41. The van der Waals surface area contributed by atoms with Gasteiger partial charge in [0.05, 0.1) is 5.92 Å². The molecule has 2 heterocycles. The first-order valence-electron chi connectivity index (χ1n) is 15.0. The molecule has 0 amide bonds. The van der Waals surface area contributed by atoms with Gasteiger partial charge in [0, 0.05) is 56.3 Å². The highest BCUT2D eigenvalue weighted by molar-refractivity contribution is 8.04. The van der Waals surface area contributed by atoms with Crippen LogP contribution in [0, 0.1) is 11.8 Å². The molecule has 0 saturated heterocycles. The fourth-order valence-corrected chi connectivity index (χ4v) is 7.88. The van der Waals surface area contributed by atoms with Gasteiger partial charge < -0.3 is 14.5 Å². The summed E-state index contributed by atoms with van der Waals surface area (Å²) < 4.78 is 6.74. The molecule has 2 bridgehead atoms. The minimum atomic E-state index is 0.196. The first-order valence-corrected chi connectivity index (χ1v) is 15.9. The van der Waals surface area contributed by atoms with Crippen molar-refractivity contribution < 1.29 is 4.74 Å². The predicted molar refractivity (Wildman–Crippen MR) is 179 cm³/mol. The molecule has 3 atom stereocenters. The van der Waals surface area contributed by atoms with Gasteiger partial charge in [-0.3, -0.25) is 0 Å². The average Bonchev–Trinajstić information content (AvgIpc) is 3.34. The van der Waals surface area contributed by atoms with Gasteiger partial charge in [0.1, 0.15) is 11.5 Å². The molecular weight excluding hydrogens is 545 g/mol. The first-order chi connectivity index (χ1) is 21.3. The summed E-state index contributed by atoms with van der Waals surface area (Å²) in [7, 11) is 0. The normalized spacial score (nSPS) is 23.2. The number of para-hydroxylation sites is 3. The maximum Gasteiger partial charge on any atom is 0.126 e. The second-order valence-electron chi connectivity index (χ2n) is 11.2. The van der Waals surface area contributed by atoms with Gasteiger partial charge in [-0.1, -0.05) is 78.9 Å². The maximum absolute atomic E-state index is 6.74. The van der Waals surface area contributed by atoms with Crippen molar-refractivity contribution in [2.45, 2.75) is 18.1 Å². The van der Waals surface area contributed by atoms with E-state index in [1.165, 1.54) is 16.3 Å². The number of fused-ring (bicyclic) bond motifs is 4. The third-order valence-corrected chi connectivity index (χ3v) is 9.83. The number of thioether (sulfide) groups is 1. The Bertz CT molecular complexity index is 1740. The summed E-state index contributed by atoms with van der Waals surface area (Å²) in [5.74, 6) is 2.42. The molecule has 5 aliphatic rings. The number of anilines is 3. The van der Waals surface area contributed by atoms with E-state index in [9.17, 15) is 0 Å². The summed E-state index contributed by atoms with van der Waals surface area (Å²) in [5.41, 5.74) is 6.97. The van der Waals surface area contributed by atoms with E-state index in [4.69, 9.17) is 4.74 Å². The Hall–Kier alpha value is -4.67. The summed E-state index contributed by atoms with van der Waals surface area (Å²) in [4.78, 5) is 6.01. The molecule has 4 heteroatoms. The van der Waals surface area contributed by atoms with E-state index < -0.39 is 0 Å². The van der Waals surface area contributed by atoms with Gasteiger partial charge in [0.2, 0.25) is 0 Å². The Labute approximate surface area is 257 Å². The molecule has 0 saturated carbocycles. The minimum Gasteiger partial charge on any atom is -0.460 e. The van der Waals surface area contributed by atoms with Crippen molar-refractivity contribution in [1.29, 1.82) is 0 Å². The molecule has 0 N–H and O–H groups in total. The van der Waals surface area contributed by atoms with Gasteiger partial charge in [-0.2, -0.15) is 0 Å². The number of allylic oxidation sites excluding steroid dienone is 10. The van der Waals surface area contributed by atoms with E-state index in [2.05, 4.69) is 162 Å². The first kappa shape index (κ1) is 26.0. The molecule has 210 valence electrons. The second kappa shape index (κ2) is 11.2. The molecule has 43 heavy (non-hydrogen) atoms. The summed E-state index contributed by atoms with van der Waals surface area (Å²) in [6.45, 7) is 0. The lowest BCUT2D eigenvalue weighted by molar-refractivity contribution is 0.273. The van der Waals surface area contributed by atoms with Crippen molar-refractivity contribution in [2.24, 2.45) is 11.8 Å². The zero-order chi connectivity index (χ0) is 28.6. The Morgan fingerprint density at radius 2 is 1.28 bits per heavy atom. The Morgan fingerprint density at radius 3 is 1.93 bits per heavy atom. The molecule has 2 aliphatic heterocycles. The van der Waals surface area contributed by atoms with Crippen LogP contribution in [0.15, 0.2) is 185 Å². The van der Waals surface area contributed by atoms with Crippen LogP contribution in [-0.2, 0) is 4.74 Å². The van der Waals surface area contributed by atoms with Crippen molar-refractivity contribution in [3.63, 3.8) is 0 Å².